The minimum atomic E-state index is -3.54. The highest BCUT2D eigenvalue weighted by Crippen LogP contribution is 2.39. The molecule has 0 saturated carbocycles. The van der Waals surface area contributed by atoms with Gasteiger partial charge in [-0.25, -0.2) is 18.8 Å². The average Bonchev–Trinajstić information content (AvgIpc) is 3.46. The van der Waals surface area contributed by atoms with Crippen molar-refractivity contribution in [1.82, 2.24) is 9.78 Å². The Morgan fingerprint density at radius 1 is 1.29 bits per heavy atom. The van der Waals surface area contributed by atoms with Gasteiger partial charge in [0.2, 0.25) is 5.88 Å². The Bertz CT molecular complexity index is 1160. The Morgan fingerprint density at radius 3 is 2.61 bits per heavy atom. The Balaban J connectivity index is 1.45. The van der Waals surface area contributed by atoms with E-state index < -0.39 is 21.5 Å². The molecule has 2 amide bonds. The summed E-state index contributed by atoms with van der Waals surface area (Å²) >= 11 is 0. The Hall–Kier alpha value is -2.43. The van der Waals surface area contributed by atoms with Gasteiger partial charge in [0.05, 0.1) is 12.7 Å². The van der Waals surface area contributed by atoms with Gasteiger partial charge in [-0.1, -0.05) is 6.07 Å². The van der Waals surface area contributed by atoms with Crippen LogP contribution in [0.4, 0.5) is 10.5 Å². The summed E-state index contributed by atoms with van der Waals surface area (Å²) in [6, 6.07) is 1.58. The molecule has 9 nitrogen and oxygen atoms in total. The van der Waals surface area contributed by atoms with Crippen LogP contribution in [0.25, 0.3) is 0 Å². The lowest BCUT2D eigenvalue weighted by molar-refractivity contribution is -0.0654. The summed E-state index contributed by atoms with van der Waals surface area (Å²) in [4.78, 5) is 12.9. The first-order valence-corrected chi connectivity index (χ1v) is 12.1. The van der Waals surface area contributed by atoms with Crippen molar-refractivity contribution in [2.45, 2.75) is 62.5 Å². The number of hydrogen-bond acceptors (Lipinski definition) is 5. The Morgan fingerprint density at radius 2 is 1.97 bits per heavy atom. The first-order chi connectivity index (χ1) is 14.8. The predicted molar refractivity (Wildman–Crippen MR) is 116 cm³/mol. The molecule has 0 unspecified atom stereocenters. The van der Waals surface area contributed by atoms with E-state index in [4.69, 9.17) is 14.6 Å². The molecule has 166 valence electrons. The topological polar surface area (TPSA) is 121 Å². The number of hydrogen-bond donors (Lipinski definition) is 2. The fourth-order valence-electron chi connectivity index (χ4n) is 4.79. The van der Waals surface area contributed by atoms with Gasteiger partial charge in [0, 0.05) is 12.8 Å². The second-order valence-corrected chi connectivity index (χ2v) is 10.5. The summed E-state index contributed by atoms with van der Waals surface area (Å²) < 4.78 is 29.8. The third kappa shape index (κ3) is 3.52. The Kier molecular flexibility index (Phi) is 4.83. The third-order valence-electron chi connectivity index (χ3n) is 6.49. The SMILES string of the molecule is CO[C@@]1(C)COc2c([S@](N)(=O)=NC(=O)Nc3c4c(cc5c3CCC5)CCC4)cnn2C1. The van der Waals surface area contributed by atoms with Gasteiger partial charge in [0.25, 0.3) is 0 Å². The molecule has 0 radical (unpaired) electrons. The molecule has 10 heteroatoms. The molecule has 0 spiro atoms. The predicted octanol–water partition coefficient (Wildman–Crippen LogP) is 2.59. The zero-order chi connectivity index (χ0) is 21.8. The number of carbonyl (C=O) groups is 1. The number of methoxy groups -OCH3 is 1. The van der Waals surface area contributed by atoms with E-state index in [9.17, 15) is 9.00 Å². The van der Waals surface area contributed by atoms with Gasteiger partial charge in [0.15, 0.2) is 9.92 Å². The lowest BCUT2D eigenvalue weighted by Crippen LogP contribution is -2.43. The van der Waals surface area contributed by atoms with Crippen LogP contribution in [0.15, 0.2) is 21.5 Å². The molecular weight excluding hydrogens is 418 g/mol. The standard InChI is InChI=1S/C21H27N5O4S/c1-21(29-2)11-26-19(30-12-21)17(10-23-26)31(22,28)25-20(27)24-18-15-7-3-5-13(15)9-14-6-4-8-16(14)18/h9-10H,3-8,11-12H2,1-2H3,(H3,22,24,25,27,28)/t21-,31-/m1/s1. The number of carbonyl (C=O) groups excluding carboxylic acids is 1. The summed E-state index contributed by atoms with van der Waals surface area (Å²) in [6.45, 7) is 2.57. The van der Waals surface area contributed by atoms with E-state index in [1.165, 1.54) is 28.5 Å². The molecule has 2 aromatic rings. The lowest BCUT2D eigenvalue weighted by Gasteiger charge is -2.32. The summed E-state index contributed by atoms with van der Waals surface area (Å²) in [5.41, 5.74) is 5.25. The number of nitrogens with zero attached hydrogens (tertiary/aromatic N) is 3. The summed E-state index contributed by atoms with van der Waals surface area (Å²) in [7, 11) is -1.94. The highest BCUT2D eigenvalue weighted by atomic mass is 32.2. The van der Waals surface area contributed by atoms with E-state index in [1.54, 1.807) is 11.8 Å². The second-order valence-electron chi connectivity index (χ2n) is 8.74. The molecular formula is C21H27N5O4S. The van der Waals surface area contributed by atoms with E-state index >= 15 is 0 Å². The monoisotopic (exact) mass is 445 g/mol. The molecule has 0 bridgehead atoms. The number of nitrogens with two attached hydrogens (primary N) is 1. The number of urea groups is 1. The number of rotatable bonds is 3. The van der Waals surface area contributed by atoms with Crippen LogP contribution in [0.1, 0.15) is 42.0 Å². The number of ether oxygens (including phenoxy) is 2. The van der Waals surface area contributed by atoms with Crippen LogP contribution in [0.2, 0.25) is 0 Å². The smallest absolute Gasteiger partial charge is 0.354 e. The van der Waals surface area contributed by atoms with E-state index in [0.29, 0.717) is 6.54 Å². The van der Waals surface area contributed by atoms with Crippen LogP contribution in [0.5, 0.6) is 5.88 Å². The zero-order valence-electron chi connectivity index (χ0n) is 17.8. The van der Waals surface area contributed by atoms with E-state index in [1.807, 2.05) is 6.92 Å². The fraction of sp³-hybridized carbons (Fsp3) is 0.524. The summed E-state index contributed by atoms with van der Waals surface area (Å²) in [6.07, 6.45) is 7.41. The number of aromatic nitrogens is 2. The van der Waals surface area contributed by atoms with E-state index in [0.717, 1.165) is 44.2 Å². The van der Waals surface area contributed by atoms with Crippen LogP contribution in [0.3, 0.4) is 0 Å². The molecule has 0 fully saturated rings. The largest absolute Gasteiger partial charge is 0.474 e. The summed E-state index contributed by atoms with van der Waals surface area (Å²) in [5.74, 6) is 0.264. The van der Waals surface area contributed by atoms with Crippen LogP contribution in [-0.4, -0.2) is 39.3 Å². The normalized spacial score (nSPS) is 23.3. The van der Waals surface area contributed by atoms with Gasteiger partial charge < -0.3 is 14.8 Å². The fourth-order valence-corrected chi connectivity index (χ4v) is 5.80. The number of nitrogens with one attached hydrogen (secondary N) is 1. The molecule has 1 aromatic heterocycles. The minimum absolute atomic E-state index is 0.115. The van der Waals surface area contributed by atoms with Crippen molar-refractivity contribution < 1.29 is 18.5 Å². The van der Waals surface area contributed by atoms with Crippen molar-refractivity contribution >= 4 is 21.6 Å². The van der Waals surface area contributed by atoms with Gasteiger partial charge in [-0.3, -0.25) is 0 Å². The first kappa shape index (κ1) is 20.5. The van der Waals surface area contributed by atoms with Crippen molar-refractivity contribution in [3.63, 3.8) is 0 Å². The van der Waals surface area contributed by atoms with Gasteiger partial charge >= 0.3 is 6.03 Å². The van der Waals surface area contributed by atoms with Crippen LogP contribution < -0.4 is 15.2 Å². The first-order valence-electron chi connectivity index (χ1n) is 10.6. The lowest BCUT2D eigenvalue weighted by atomic mass is 9.99. The van der Waals surface area contributed by atoms with Crippen molar-refractivity contribution in [3.8, 4) is 5.88 Å². The van der Waals surface area contributed by atoms with Crippen molar-refractivity contribution in [1.29, 1.82) is 0 Å². The minimum Gasteiger partial charge on any atom is -0.474 e. The zero-order valence-corrected chi connectivity index (χ0v) is 18.6. The van der Waals surface area contributed by atoms with E-state index in [-0.39, 0.29) is 17.4 Å². The van der Waals surface area contributed by atoms with Gasteiger partial charge in [-0.2, -0.15) is 5.10 Å². The van der Waals surface area contributed by atoms with Crippen LogP contribution in [-0.2, 0) is 46.9 Å². The maximum absolute atomic E-state index is 13.2. The maximum atomic E-state index is 13.2. The number of amides is 2. The quantitative estimate of drug-likeness (QED) is 0.752. The second kappa shape index (κ2) is 7.32. The van der Waals surface area contributed by atoms with Crippen LogP contribution in [0, 0.1) is 0 Å². The number of fused-ring (bicyclic) bond motifs is 3. The summed E-state index contributed by atoms with van der Waals surface area (Å²) in [5, 5.41) is 13.1. The molecule has 2 aliphatic carbocycles. The average molecular weight is 446 g/mol. The number of aryl methyl sites for hydroxylation is 2. The number of anilines is 1. The Labute approximate surface area is 181 Å². The van der Waals surface area contributed by atoms with Crippen LogP contribution >= 0.6 is 0 Å². The highest BCUT2D eigenvalue weighted by molar-refractivity contribution is 7.91. The van der Waals surface area contributed by atoms with Crippen molar-refractivity contribution in [2.24, 2.45) is 9.50 Å². The molecule has 1 aliphatic heterocycles. The van der Waals surface area contributed by atoms with Gasteiger partial charge in [-0.05, 0) is 67.7 Å². The van der Waals surface area contributed by atoms with Gasteiger partial charge in [0.1, 0.15) is 17.1 Å². The molecule has 1 aromatic carbocycles. The van der Waals surface area contributed by atoms with Crippen molar-refractivity contribution in [2.75, 3.05) is 19.0 Å². The highest BCUT2D eigenvalue weighted by Gasteiger charge is 2.35. The molecule has 3 N–H and O–H groups in total. The van der Waals surface area contributed by atoms with E-state index in [2.05, 4.69) is 20.8 Å². The molecule has 2 heterocycles. The maximum Gasteiger partial charge on any atom is 0.354 e. The van der Waals surface area contributed by atoms with Gasteiger partial charge in [-0.15, -0.1) is 4.36 Å². The molecule has 5 rings (SSSR count). The molecule has 0 saturated heterocycles. The molecule has 2 atom stereocenters. The number of benzene rings is 1. The van der Waals surface area contributed by atoms with Crippen molar-refractivity contribution in [3.05, 3.63) is 34.5 Å². The molecule has 31 heavy (non-hydrogen) atoms. The molecule has 3 aliphatic rings. The third-order valence-corrected chi connectivity index (χ3v) is 7.84.